The van der Waals surface area contributed by atoms with Gasteiger partial charge in [0.05, 0.1) is 12.0 Å². The lowest BCUT2D eigenvalue weighted by molar-refractivity contribution is -0.121. The zero-order valence-electron chi connectivity index (χ0n) is 6.63. The van der Waals surface area contributed by atoms with Gasteiger partial charge >= 0.3 is 0 Å². The van der Waals surface area contributed by atoms with E-state index in [4.69, 9.17) is 5.26 Å². The number of amides is 1. The summed E-state index contributed by atoms with van der Waals surface area (Å²) in [6.07, 6.45) is 1.87. The van der Waals surface area contributed by atoms with E-state index in [9.17, 15) is 4.79 Å². The van der Waals surface area contributed by atoms with Crippen LogP contribution in [0.4, 0.5) is 0 Å². The predicted molar refractivity (Wildman–Crippen MR) is 42.6 cm³/mol. The van der Waals surface area contributed by atoms with E-state index in [1.54, 1.807) is 13.0 Å². The standard InChI is InChI=1S/C8H12N2O/c1-3-4-10-8(11)5-7(2)6-9/h3,7H,1,4-5H2,2H3,(H,10,11). The maximum Gasteiger partial charge on any atom is 0.221 e. The van der Waals surface area contributed by atoms with Crippen molar-refractivity contribution in [2.24, 2.45) is 5.92 Å². The van der Waals surface area contributed by atoms with Crippen LogP contribution in [0.15, 0.2) is 12.7 Å². The largest absolute Gasteiger partial charge is 0.353 e. The van der Waals surface area contributed by atoms with Crippen LogP contribution >= 0.6 is 0 Å². The molecule has 0 aromatic heterocycles. The van der Waals surface area contributed by atoms with Crippen molar-refractivity contribution in [3.05, 3.63) is 12.7 Å². The summed E-state index contributed by atoms with van der Waals surface area (Å²) in [6, 6.07) is 1.99. The molecule has 0 aliphatic carbocycles. The fourth-order valence-electron chi connectivity index (χ4n) is 0.582. The Bertz CT molecular complexity index is 181. The highest BCUT2D eigenvalue weighted by Gasteiger charge is 2.05. The van der Waals surface area contributed by atoms with Crippen molar-refractivity contribution >= 4 is 5.91 Å². The van der Waals surface area contributed by atoms with E-state index in [1.807, 2.05) is 6.07 Å². The summed E-state index contributed by atoms with van der Waals surface area (Å²) >= 11 is 0. The second kappa shape index (κ2) is 5.48. The molecule has 3 heteroatoms. The molecular weight excluding hydrogens is 140 g/mol. The second-order valence-electron chi connectivity index (χ2n) is 2.33. The average Bonchev–Trinajstić information content (AvgIpc) is 2.00. The molecular formula is C8H12N2O. The number of carbonyl (C=O) groups is 1. The molecule has 1 N–H and O–H groups in total. The first-order valence-corrected chi connectivity index (χ1v) is 3.48. The fraction of sp³-hybridized carbons (Fsp3) is 0.500. The van der Waals surface area contributed by atoms with E-state index in [1.165, 1.54) is 0 Å². The van der Waals surface area contributed by atoms with E-state index < -0.39 is 0 Å². The van der Waals surface area contributed by atoms with Crippen molar-refractivity contribution in [1.82, 2.24) is 5.32 Å². The van der Waals surface area contributed by atoms with Crippen molar-refractivity contribution in [3.63, 3.8) is 0 Å². The van der Waals surface area contributed by atoms with Gasteiger partial charge in [-0.05, 0) is 6.92 Å². The first-order chi connectivity index (χ1) is 5.20. The molecule has 0 aliphatic rings. The molecule has 11 heavy (non-hydrogen) atoms. The highest BCUT2D eigenvalue weighted by Crippen LogP contribution is 1.97. The Morgan fingerprint density at radius 2 is 2.55 bits per heavy atom. The highest BCUT2D eigenvalue weighted by molar-refractivity contribution is 5.76. The summed E-state index contributed by atoms with van der Waals surface area (Å²) in [7, 11) is 0. The Balaban J connectivity index is 3.53. The third-order valence-electron chi connectivity index (χ3n) is 1.16. The Morgan fingerprint density at radius 1 is 1.91 bits per heavy atom. The summed E-state index contributed by atoms with van der Waals surface area (Å²) in [4.78, 5) is 10.9. The number of hydrogen-bond donors (Lipinski definition) is 1. The number of hydrogen-bond acceptors (Lipinski definition) is 2. The molecule has 0 aromatic carbocycles. The number of carbonyl (C=O) groups excluding carboxylic acids is 1. The fourth-order valence-corrected chi connectivity index (χ4v) is 0.582. The molecule has 0 heterocycles. The molecule has 0 radical (unpaired) electrons. The van der Waals surface area contributed by atoms with Gasteiger partial charge in [-0.25, -0.2) is 0 Å². The molecule has 1 atom stereocenters. The van der Waals surface area contributed by atoms with Gasteiger partial charge in [-0.15, -0.1) is 6.58 Å². The van der Waals surface area contributed by atoms with E-state index in [0.717, 1.165) is 0 Å². The third kappa shape index (κ3) is 5.16. The zero-order chi connectivity index (χ0) is 8.69. The average molecular weight is 152 g/mol. The van der Waals surface area contributed by atoms with Gasteiger partial charge in [0.2, 0.25) is 5.91 Å². The molecule has 0 aromatic rings. The molecule has 0 spiro atoms. The van der Waals surface area contributed by atoms with E-state index >= 15 is 0 Å². The first-order valence-electron chi connectivity index (χ1n) is 3.48. The molecule has 3 nitrogen and oxygen atoms in total. The van der Waals surface area contributed by atoms with Crippen LogP contribution in [0, 0.1) is 17.2 Å². The smallest absolute Gasteiger partial charge is 0.221 e. The van der Waals surface area contributed by atoms with Gasteiger partial charge in [-0.1, -0.05) is 6.08 Å². The topological polar surface area (TPSA) is 52.9 Å². The van der Waals surface area contributed by atoms with Crippen LogP contribution in [0.2, 0.25) is 0 Å². The Hall–Kier alpha value is -1.30. The lowest BCUT2D eigenvalue weighted by Gasteiger charge is -2.01. The van der Waals surface area contributed by atoms with Crippen LogP contribution in [0.1, 0.15) is 13.3 Å². The van der Waals surface area contributed by atoms with Gasteiger partial charge < -0.3 is 5.32 Å². The minimum Gasteiger partial charge on any atom is -0.353 e. The van der Waals surface area contributed by atoms with Gasteiger partial charge in [0, 0.05) is 13.0 Å². The molecule has 0 bridgehead atoms. The zero-order valence-corrected chi connectivity index (χ0v) is 6.63. The number of nitrogens with one attached hydrogen (secondary N) is 1. The summed E-state index contributed by atoms with van der Waals surface area (Å²) < 4.78 is 0. The minimum atomic E-state index is -0.209. The number of rotatable bonds is 4. The lowest BCUT2D eigenvalue weighted by Crippen LogP contribution is -2.24. The monoisotopic (exact) mass is 152 g/mol. The quantitative estimate of drug-likeness (QED) is 0.607. The van der Waals surface area contributed by atoms with Crippen molar-refractivity contribution in [1.29, 1.82) is 5.26 Å². The molecule has 60 valence electrons. The van der Waals surface area contributed by atoms with Crippen molar-refractivity contribution < 1.29 is 4.79 Å². The van der Waals surface area contributed by atoms with Gasteiger partial charge in [-0.3, -0.25) is 4.79 Å². The Kier molecular flexibility index (Phi) is 4.83. The van der Waals surface area contributed by atoms with Crippen LogP contribution in [0.25, 0.3) is 0 Å². The van der Waals surface area contributed by atoms with Crippen LogP contribution in [0.3, 0.4) is 0 Å². The molecule has 0 saturated carbocycles. The Morgan fingerprint density at radius 3 is 3.00 bits per heavy atom. The van der Waals surface area contributed by atoms with Crippen LogP contribution in [-0.4, -0.2) is 12.5 Å². The molecule has 0 saturated heterocycles. The van der Waals surface area contributed by atoms with Crippen molar-refractivity contribution in [3.8, 4) is 6.07 Å². The Labute approximate surface area is 66.7 Å². The summed E-state index contributed by atoms with van der Waals surface area (Å²) in [5.41, 5.74) is 0. The highest BCUT2D eigenvalue weighted by atomic mass is 16.1. The minimum absolute atomic E-state index is 0.0982. The maximum atomic E-state index is 10.9. The summed E-state index contributed by atoms with van der Waals surface area (Å²) in [5, 5.41) is 10.9. The van der Waals surface area contributed by atoms with Crippen molar-refractivity contribution in [2.45, 2.75) is 13.3 Å². The SMILES string of the molecule is C=CCNC(=O)CC(C)C#N. The molecule has 0 fully saturated rings. The van der Waals surface area contributed by atoms with E-state index in [2.05, 4.69) is 11.9 Å². The van der Waals surface area contributed by atoms with E-state index in [-0.39, 0.29) is 18.2 Å². The second-order valence-corrected chi connectivity index (χ2v) is 2.33. The lowest BCUT2D eigenvalue weighted by atomic mass is 10.1. The van der Waals surface area contributed by atoms with E-state index in [0.29, 0.717) is 6.54 Å². The van der Waals surface area contributed by atoms with Gasteiger partial charge in [0.25, 0.3) is 0 Å². The van der Waals surface area contributed by atoms with Crippen LogP contribution < -0.4 is 5.32 Å². The molecule has 1 amide bonds. The van der Waals surface area contributed by atoms with Crippen LogP contribution in [0.5, 0.6) is 0 Å². The number of nitriles is 1. The maximum absolute atomic E-state index is 10.9. The molecule has 1 unspecified atom stereocenters. The normalized spacial score (nSPS) is 11.3. The van der Waals surface area contributed by atoms with Gasteiger partial charge in [-0.2, -0.15) is 5.26 Å². The predicted octanol–water partition coefficient (Wildman–Crippen LogP) is 0.838. The molecule has 0 aliphatic heterocycles. The third-order valence-corrected chi connectivity index (χ3v) is 1.16. The summed E-state index contributed by atoms with van der Waals surface area (Å²) in [6.45, 7) is 5.64. The number of nitrogens with zero attached hydrogens (tertiary/aromatic N) is 1. The van der Waals surface area contributed by atoms with Crippen LogP contribution in [-0.2, 0) is 4.79 Å². The molecule has 0 rings (SSSR count). The van der Waals surface area contributed by atoms with Gasteiger partial charge in [0.15, 0.2) is 0 Å². The first kappa shape index (κ1) is 9.70. The van der Waals surface area contributed by atoms with Gasteiger partial charge in [0.1, 0.15) is 0 Å². The van der Waals surface area contributed by atoms with Crippen molar-refractivity contribution in [2.75, 3.05) is 6.54 Å². The summed E-state index contributed by atoms with van der Waals surface area (Å²) in [5.74, 6) is -0.307.